The molecule has 8 heteroatoms. The highest BCUT2D eigenvalue weighted by Gasteiger charge is 2.15. The van der Waals surface area contributed by atoms with Crippen molar-refractivity contribution < 1.29 is 19.1 Å². The van der Waals surface area contributed by atoms with Crippen molar-refractivity contribution in [2.45, 2.75) is 117 Å². The highest BCUT2D eigenvalue weighted by atomic mass is 16.5. The Labute approximate surface area is 292 Å². The van der Waals surface area contributed by atoms with Crippen LogP contribution >= 0.6 is 0 Å². The second-order valence-electron chi connectivity index (χ2n) is 13.0. The van der Waals surface area contributed by atoms with Gasteiger partial charge >= 0.3 is 11.9 Å². The molecule has 0 N–H and O–H groups in total. The maximum absolute atomic E-state index is 12.6. The molecule has 0 aliphatic carbocycles. The van der Waals surface area contributed by atoms with E-state index in [9.17, 15) is 9.59 Å². The van der Waals surface area contributed by atoms with Gasteiger partial charge in [0.15, 0.2) is 11.6 Å². The molecule has 1 atom stereocenters. The minimum Gasteiger partial charge on any atom is -0.427 e. The van der Waals surface area contributed by atoms with Crippen molar-refractivity contribution in [3.8, 4) is 34.3 Å². The number of unbranched alkanes of at least 4 members (excludes halogenated alkanes) is 8. The van der Waals surface area contributed by atoms with Gasteiger partial charge in [-0.05, 0) is 97.7 Å². The molecule has 2 aromatic carbocycles. The fourth-order valence-corrected chi connectivity index (χ4v) is 5.58. The smallest absolute Gasteiger partial charge is 0.311 e. The standard InChI is InChI=1S/C41H52N4O4/c1-4-6-8-10-12-14-32-27-42-40(43-28-32)34-17-21-36(22-18-34)48-38(46)25-16-31(3)26-39(47)49-37-23-19-35(20-24-37)41-44-29-33(30-45-41)15-13-11-9-7-5-2/h17-24,27-31H,4-16,25-26H2,1-3H3/t31-/m1/s1. The second kappa shape index (κ2) is 20.8. The molecule has 4 aromatic rings. The third-order valence-corrected chi connectivity index (χ3v) is 8.59. The van der Waals surface area contributed by atoms with Gasteiger partial charge in [0.25, 0.3) is 0 Å². The second-order valence-corrected chi connectivity index (χ2v) is 13.0. The molecule has 0 bridgehead atoms. The molecule has 0 amide bonds. The Balaban J connectivity index is 1.13. The number of carbonyl (C=O) groups is 2. The van der Waals surface area contributed by atoms with Gasteiger partial charge in [-0.3, -0.25) is 9.59 Å². The molecule has 2 aromatic heterocycles. The molecule has 260 valence electrons. The van der Waals surface area contributed by atoms with E-state index in [-0.39, 0.29) is 30.7 Å². The summed E-state index contributed by atoms with van der Waals surface area (Å²) in [5.41, 5.74) is 4.03. The number of hydrogen-bond acceptors (Lipinski definition) is 8. The first-order chi connectivity index (χ1) is 23.9. The molecular formula is C41H52N4O4. The Morgan fingerprint density at radius 3 is 1.41 bits per heavy atom. The first-order valence-corrected chi connectivity index (χ1v) is 18.2. The number of carbonyl (C=O) groups excluding carboxylic acids is 2. The van der Waals surface area contributed by atoms with Gasteiger partial charge in [-0.25, -0.2) is 19.9 Å². The van der Waals surface area contributed by atoms with E-state index in [0.717, 1.165) is 47.9 Å². The SMILES string of the molecule is CCCCCCCc1cnc(-c2ccc(OC(=O)CC[C@@H](C)CC(=O)Oc3ccc(-c4ncc(CCCCCCC)cn4)cc3)cc2)nc1. The van der Waals surface area contributed by atoms with Gasteiger partial charge in [-0.15, -0.1) is 0 Å². The van der Waals surface area contributed by atoms with Crippen molar-refractivity contribution in [3.63, 3.8) is 0 Å². The summed E-state index contributed by atoms with van der Waals surface area (Å²) in [6.07, 6.45) is 22.9. The van der Waals surface area contributed by atoms with E-state index in [1.165, 1.54) is 51.4 Å². The van der Waals surface area contributed by atoms with E-state index in [2.05, 4.69) is 33.8 Å². The minimum atomic E-state index is -0.342. The number of esters is 2. The summed E-state index contributed by atoms with van der Waals surface area (Å²) in [7, 11) is 0. The van der Waals surface area contributed by atoms with Gasteiger partial charge in [-0.1, -0.05) is 72.1 Å². The molecule has 0 spiro atoms. The lowest BCUT2D eigenvalue weighted by Gasteiger charge is -2.11. The Morgan fingerprint density at radius 1 is 0.571 bits per heavy atom. The molecule has 49 heavy (non-hydrogen) atoms. The fourth-order valence-electron chi connectivity index (χ4n) is 5.58. The van der Waals surface area contributed by atoms with Crippen LogP contribution in [0.25, 0.3) is 22.8 Å². The zero-order chi connectivity index (χ0) is 34.7. The van der Waals surface area contributed by atoms with E-state index in [0.29, 0.717) is 29.6 Å². The Kier molecular flexibility index (Phi) is 15.9. The van der Waals surface area contributed by atoms with Crippen LogP contribution < -0.4 is 9.47 Å². The van der Waals surface area contributed by atoms with Crippen LogP contribution in [0.3, 0.4) is 0 Å². The van der Waals surface area contributed by atoms with E-state index >= 15 is 0 Å². The van der Waals surface area contributed by atoms with Crippen LogP contribution in [0.4, 0.5) is 0 Å². The van der Waals surface area contributed by atoms with E-state index in [1.54, 1.807) is 24.3 Å². The number of nitrogens with zero attached hydrogens (tertiary/aromatic N) is 4. The normalized spacial score (nSPS) is 11.7. The average Bonchev–Trinajstić information content (AvgIpc) is 3.12. The van der Waals surface area contributed by atoms with Gasteiger partial charge < -0.3 is 9.47 Å². The van der Waals surface area contributed by atoms with E-state index < -0.39 is 0 Å². The van der Waals surface area contributed by atoms with Crippen molar-refractivity contribution in [2.75, 3.05) is 0 Å². The van der Waals surface area contributed by atoms with Gasteiger partial charge in [0, 0.05) is 48.8 Å². The highest BCUT2D eigenvalue weighted by Crippen LogP contribution is 2.23. The number of rotatable bonds is 21. The van der Waals surface area contributed by atoms with Crippen LogP contribution in [-0.2, 0) is 22.4 Å². The van der Waals surface area contributed by atoms with Gasteiger partial charge in [0.2, 0.25) is 0 Å². The van der Waals surface area contributed by atoms with Gasteiger partial charge in [0.1, 0.15) is 11.5 Å². The van der Waals surface area contributed by atoms with Crippen LogP contribution in [0.5, 0.6) is 11.5 Å². The summed E-state index contributed by atoms with van der Waals surface area (Å²) in [6.45, 7) is 6.37. The van der Waals surface area contributed by atoms with Gasteiger partial charge in [-0.2, -0.15) is 0 Å². The lowest BCUT2D eigenvalue weighted by molar-refractivity contribution is -0.137. The van der Waals surface area contributed by atoms with Crippen LogP contribution in [-0.4, -0.2) is 31.9 Å². The summed E-state index contributed by atoms with van der Waals surface area (Å²) in [5.74, 6) is 1.49. The predicted octanol–water partition coefficient (Wildman–Crippen LogP) is 9.94. The van der Waals surface area contributed by atoms with Crippen molar-refractivity contribution in [1.29, 1.82) is 0 Å². The molecule has 8 nitrogen and oxygen atoms in total. The molecular weight excluding hydrogens is 612 g/mol. The number of aromatic nitrogens is 4. The third-order valence-electron chi connectivity index (χ3n) is 8.59. The first kappa shape index (κ1) is 37.4. The van der Waals surface area contributed by atoms with E-state index in [1.807, 2.05) is 56.0 Å². The quantitative estimate of drug-likeness (QED) is 0.0492. The average molecular weight is 665 g/mol. The Hall–Kier alpha value is -4.46. The largest absolute Gasteiger partial charge is 0.427 e. The van der Waals surface area contributed by atoms with Crippen LogP contribution in [0.15, 0.2) is 73.3 Å². The maximum atomic E-state index is 12.6. The number of hydrogen-bond donors (Lipinski definition) is 0. The highest BCUT2D eigenvalue weighted by molar-refractivity contribution is 5.74. The Morgan fingerprint density at radius 2 is 0.980 bits per heavy atom. The third kappa shape index (κ3) is 13.5. The molecule has 0 unspecified atom stereocenters. The molecule has 4 rings (SSSR count). The molecule has 0 saturated heterocycles. The zero-order valence-electron chi connectivity index (χ0n) is 29.5. The van der Waals surface area contributed by atoms with Crippen LogP contribution in [0, 0.1) is 5.92 Å². The summed E-state index contributed by atoms with van der Waals surface area (Å²) in [4.78, 5) is 43.2. The zero-order valence-corrected chi connectivity index (χ0v) is 29.5. The molecule has 0 aliphatic rings. The van der Waals surface area contributed by atoms with Crippen molar-refractivity contribution >= 4 is 11.9 Å². The van der Waals surface area contributed by atoms with Crippen molar-refractivity contribution in [3.05, 3.63) is 84.4 Å². The fraction of sp³-hybridized carbons (Fsp3) is 0.463. The topological polar surface area (TPSA) is 104 Å². The first-order valence-electron chi connectivity index (χ1n) is 18.2. The Bertz CT molecular complexity index is 1540. The van der Waals surface area contributed by atoms with Crippen LogP contribution in [0.1, 0.15) is 115 Å². The predicted molar refractivity (Wildman–Crippen MR) is 194 cm³/mol. The summed E-state index contributed by atoms with van der Waals surface area (Å²) in [6, 6.07) is 14.4. The number of benzene rings is 2. The van der Waals surface area contributed by atoms with Gasteiger partial charge in [0.05, 0.1) is 0 Å². The van der Waals surface area contributed by atoms with E-state index in [4.69, 9.17) is 9.47 Å². The van der Waals surface area contributed by atoms with Crippen molar-refractivity contribution in [2.24, 2.45) is 5.92 Å². The molecule has 0 radical (unpaired) electrons. The number of aryl methyl sites for hydroxylation is 2. The molecule has 0 saturated carbocycles. The number of ether oxygens (including phenoxy) is 2. The monoisotopic (exact) mass is 664 g/mol. The van der Waals surface area contributed by atoms with Crippen LogP contribution in [0.2, 0.25) is 0 Å². The van der Waals surface area contributed by atoms with Crippen molar-refractivity contribution in [1.82, 2.24) is 19.9 Å². The lowest BCUT2D eigenvalue weighted by Crippen LogP contribution is -2.15. The lowest BCUT2D eigenvalue weighted by atomic mass is 10.0. The molecule has 0 fully saturated rings. The minimum absolute atomic E-state index is 0.0447. The molecule has 0 aliphatic heterocycles. The molecule has 2 heterocycles. The summed E-state index contributed by atoms with van der Waals surface area (Å²) in [5, 5.41) is 0. The summed E-state index contributed by atoms with van der Waals surface area (Å²) < 4.78 is 11.1. The summed E-state index contributed by atoms with van der Waals surface area (Å²) >= 11 is 0. The maximum Gasteiger partial charge on any atom is 0.311 e.